The van der Waals surface area contributed by atoms with Crippen molar-refractivity contribution in [3.63, 3.8) is 0 Å². The highest BCUT2D eigenvalue weighted by Gasteiger charge is 2.18. The monoisotopic (exact) mass is 289 g/mol. The van der Waals surface area contributed by atoms with Crippen molar-refractivity contribution in [3.05, 3.63) is 70.3 Å². The summed E-state index contributed by atoms with van der Waals surface area (Å²) in [6.45, 7) is 6.42. The predicted octanol–water partition coefficient (Wildman–Crippen LogP) is 4.47. The lowest BCUT2D eigenvalue weighted by atomic mass is 9.94. The molecule has 0 radical (unpaired) electrons. The Labute approximate surface area is 125 Å². The van der Waals surface area contributed by atoms with Crippen LogP contribution in [0, 0.1) is 25.5 Å². The molecule has 1 atom stereocenters. The number of benzene rings is 2. The van der Waals surface area contributed by atoms with Crippen LogP contribution in [0.15, 0.2) is 36.4 Å². The molecule has 1 nitrogen and oxygen atoms in total. The lowest BCUT2D eigenvalue weighted by molar-refractivity contribution is 0.500. The lowest BCUT2D eigenvalue weighted by Crippen LogP contribution is -2.24. The molecule has 1 unspecified atom stereocenters. The number of nitrogens with one attached hydrogen (secondary N) is 1. The summed E-state index contributed by atoms with van der Waals surface area (Å²) in [5.41, 5.74) is 3.35. The van der Waals surface area contributed by atoms with Crippen LogP contribution in [0.1, 0.15) is 35.2 Å². The highest BCUT2D eigenvalue weighted by atomic mass is 19.1. The maximum absolute atomic E-state index is 14.1. The first-order valence-electron chi connectivity index (χ1n) is 7.26. The Kier molecular flexibility index (Phi) is 5.07. The maximum Gasteiger partial charge on any atom is 0.130 e. The van der Waals surface area contributed by atoms with Gasteiger partial charge in [-0.25, -0.2) is 8.78 Å². The van der Waals surface area contributed by atoms with Gasteiger partial charge in [0.25, 0.3) is 0 Å². The van der Waals surface area contributed by atoms with Crippen molar-refractivity contribution in [2.45, 2.75) is 33.2 Å². The van der Waals surface area contributed by atoms with Gasteiger partial charge in [-0.1, -0.05) is 31.2 Å². The van der Waals surface area contributed by atoms with Crippen LogP contribution in [0.3, 0.4) is 0 Å². The van der Waals surface area contributed by atoms with Crippen molar-refractivity contribution < 1.29 is 8.78 Å². The summed E-state index contributed by atoms with van der Waals surface area (Å²) in [6.07, 6.45) is 0.683. The zero-order valence-corrected chi connectivity index (χ0v) is 12.7. The minimum absolute atomic E-state index is 0.157. The van der Waals surface area contributed by atoms with Crippen LogP contribution >= 0.6 is 0 Å². The molecule has 112 valence electrons. The van der Waals surface area contributed by atoms with E-state index in [4.69, 9.17) is 0 Å². The molecule has 3 heteroatoms. The topological polar surface area (TPSA) is 12.0 Å². The summed E-state index contributed by atoms with van der Waals surface area (Å²) < 4.78 is 27.6. The van der Waals surface area contributed by atoms with Gasteiger partial charge in [0.1, 0.15) is 11.6 Å². The van der Waals surface area contributed by atoms with Gasteiger partial charge in [-0.3, -0.25) is 0 Å². The highest BCUT2D eigenvalue weighted by Crippen LogP contribution is 2.25. The summed E-state index contributed by atoms with van der Waals surface area (Å²) in [4.78, 5) is 0. The standard InChI is InChI=1S/C18H21F2N/c1-4-21-18(10-14-8-6-5-7-12(14)2)15-9-13(3)16(19)11-17(15)20/h5-9,11,18,21H,4,10H2,1-3H3. The van der Waals surface area contributed by atoms with E-state index in [1.807, 2.05) is 38.1 Å². The molecule has 0 heterocycles. The SMILES string of the molecule is CCNC(Cc1ccccc1C)c1cc(C)c(F)cc1F. The fourth-order valence-corrected chi connectivity index (χ4v) is 2.54. The molecule has 0 aliphatic rings. The molecule has 2 aromatic carbocycles. The first-order valence-corrected chi connectivity index (χ1v) is 7.26. The molecular weight excluding hydrogens is 268 g/mol. The van der Waals surface area contributed by atoms with Crippen LogP contribution in [-0.4, -0.2) is 6.54 Å². The molecule has 0 fully saturated rings. The summed E-state index contributed by atoms with van der Waals surface area (Å²) in [6, 6.07) is 10.5. The quantitative estimate of drug-likeness (QED) is 0.856. The smallest absolute Gasteiger partial charge is 0.130 e. The second-order valence-corrected chi connectivity index (χ2v) is 5.36. The van der Waals surface area contributed by atoms with Gasteiger partial charge >= 0.3 is 0 Å². The lowest BCUT2D eigenvalue weighted by Gasteiger charge is -2.21. The van der Waals surface area contributed by atoms with Gasteiger partial charge in [0.2, 0.25) is 0 Å². The fraction of sp³-hybridized carbons (Fsp3) is 0.333. The third kappa shape index (κ3) is 3.67. The van der Waals surface area contributed by atoms with Gasteiger partial charge in [-0.05, 0) is 49.6 Å². The Bertz CT molecular complexity index is 623. The Morgan fingerprint density at radius 3 is 2.38 bits per heavy atom. The van der Waals surface area contributed by atoms with Crippen molar-refractivity contribution in [1.82, 2.24) is 5.32 Å². The van der Waals surface area contributed by atoms with Gasteiger partial charge in [0.15, 0.2) is 0 Å². The minimum atomic E-state index is -0.498. The maximum atomic E-state index is 14.1. The largest absolute Gasteiger partial charge is 0.310 e. The van der Waals surface area contributed by atoms with E-state index in [2.05, 4.69) is 5.32 Å². The van der Waals surface area contributed by atoms with E-state index in [1.54, 1.807) is 13.0 Å². The van der Waals surface area contributed by atoms with E-state index < -0.39 is 11.6 Å². The fourth-order valence-electron chi connectivity index (χ4n) is 2.54. The van der Waals surface area contributed by atoms with Crippen LogP contribution in [0.4, 0.5) is 8.78 Å². The zero-order chi connectivity index (χ0) is 15.4. The molecule has 0 spiro atoms. The Hall–Kier alpha value is -1.74. The molecule has 21 heavy (non-hydrogen) atoms. The van der Waals surface area contributed by atoms with Crippen LogP contribution < -0.4 is 5.32 Å². The van der Waals surface area contributed by atoms with Gasteiger partial charge in [0, 0.05) is 17.7 Å². The molecule has 0 aromatic heterocycles. The second-order valence-electron chi connectivity index (χ2n) is 5.36. The van der Waals surface area contributed by atoms with Gasteiger partial charge in [0.05, 0.1) is 0 Å². The number of hydrogen-bond acceptors (Lipinski definition) is 1. The third-order valence-corrected chi connectivity index (χ3v) is 3.79. The second kappa shape index (κ2) is 6.81. The van der Waals surface area contributed by atoms with Crippen molar-refractivity contribution in [1.29, 1.82) is 0 Å². The van der Waals surface area contributed by atoms with E-state index >= 15 is 0 Å². The first kappa shape index (κ1) is 15.6. The molecule has 0 aliphatic heterocycles. The molecule has 0 saturated heterocycles. The number of aryl methyl sites for hydroxylation is 2. The van der Waals surface area contributed by atoms with E-state index in [1.165, 1.54) is 11.1 Å². The average Bonchev–Trinajstić information content (AvgIpc) is 2.45. The van der Waals surface area contributed by atoms with E-state index in [0.717, 1.165) is 12.6 Å². The number of hydrogen-bond donors (Lipinski definition) is 1. The van der Waals surface area contributed by atoms with E-state index in [0.29, 0.717) is 17.5 Å². The van der Waals surface area contributed by atoms with Crippen LogP contribution in [-0.2, 0) is 6.42 Å². The molecular formula is C18H21F2N. The third-order valence-electron chi connectivity index (χ3n) is 3.79. The number of halogens is 2. The van der Waals surface area contributed by atoms with E-state index in [9.17, 15) is 8.78 Å². The Morgan fingerprint density at radius 2 is 1.71 bits per heavy atom. The summed E-state index contributed by atoms with van der Waals surface area (Å²) in [5.74, 6) is -0.986. The van der Waals surface area contributed by atoms with Gasteiger partial charge < -0.3 is 5.32 Å². The molecule has 2 rings (SSSR count). The zero-order valence-electron chi connectivity index (χ0n) is 12.7. The van der Waals surface area contributed by atoms with Crippen molar-refractivity contribution in [2.75, 3.05) is 6.54 Å². The summed E-state index contributed by atoms with van der Waals surface area (Å²) >= 11 is 0. The predicted molar refractivity (Wildman–Crippen MR) is 82.4 cm³/mol. The highest BCUT2D eigenvalue weighted by molar-refractivity contribution is 5.32. The summed E-state index contributed by atoms with van der Waals surface area (Å²) in [5, 5.41) is 3.30. The molecule has 0 aliphatic carbocycles. The molecule has 2 aromatic rings. The van der Waals surface area contributed by atoms with Gasteiger partial charge in [-0.15, -0.1) is 0 Å². The normalized spacial score (nSPS) is 12.4. The number of likely N-dealkylation sites (N-methyl/N-ethyl adjacent to an activating group) is 1. The molecule has 1 N–H and O–H groups in total. The van der Waals surface area contributed by atoms with Crippen molar-refractivity contribution >= 4 is 0 Å². The van der Waals surface area contributed by atoms with Crippen molar-refractivity contribution in [3.8, 4) is 0 Å². The van der Waals surface area contributed by atoms with Gasteiger partial charge in [-0.2, -0.15) is 0 Å². The Morgan fingerprint density at radius 1 is 1.00 bits per heavy atom. The van der Waals surface area contributed by atoms with Crippen LogP contribution in [0.25, 0.3) is 0 Å². The Balaban J connectivity index is 2.35. The molecule has 0 bridgehead atoms. The minimum Gasteiger partial charge on any atom is -0.310 e. The number of rotatable bonds is 5. The molecule has 0 saturated carbocycles. The van der Waals surface area contributed by atoms with E-state index in [-0.39, 0.29) is 6.04 Å². The average molecular weight is 289 g/mol. The summed E-state index contributed by atoms with van der Waals surface area (Å²) in [7, 11) is 0. The molecule has 0 amide bonds. The van der Waals surface area contributed by atoms with Crippen molar-refractivity contribution in [2.24, 2.45) is 0 Å². The van der Waals surface area contributed by atoms with Crippen LogP contribution in [0.2, 0.25) is 0 Å². The van der Waals surface area contributed by atoms with Crippen LogP contribution in [0.5, 0.6) is 0 Å². The first-order chi connectivity index (χ1) is 10.0.